The van der Waals surface area contributed by atoms with Crippen molar-refractivity contribution in [2.45, 2.75) is 206 Å². The van der Waals surface area contributed by atoms with Crippen molar-refractivity contribution in [3.63, 3.8) is 0 Å². The molecule has 8 fully saturated rings. The van der Waals surface area contributed by atoms with Crippen molar-refractivity contribution in [1.82, 2.24) is 81.6 Å². The lowest BCUT2D eigenvalue weighted by Crippen LogP contribution is -1.99. The predicted molar refractivity (Wildman–Crippen MR) is 385 cm³/mol. The summed E-state index contributed by atoms with van der Waals surface area (Å²) < 4.78 is 0. The summed E-state index contributed by atoms with van der Waals surface area (Å²) in [5, 5.41) is 73.0. The van der Waals surface area contributed by atoms with Gasteiger partial charge in [0.15, 0.2) is 59.7 Å². The SMILES string of the molecule is C1N=NC(c2n[nH]c3c2CC2CC32)=N1.C1N=NC(c2n[nH]c3c2C[C@H]2C[C@@H]32)=N1.CC(=O)c1n[nH]c2c1CC1C(C)C21.CC(=O)c1n[nH]c2c1CC1CC21.CC(=O)c1n[nH]c2c1C[C@H]1C[C@@H]21.CC(=O)c1n[nH]c2c1C[C@H]1[C@@H](C)[C@@H]21.CCC1C2Cc3c(C(C)=O)n[nH]c3C12.CC[C@@H]1[C@@H]2Cc3c(C(C)=O)n[nH]c3[C@H]12. The maximum Gasteiger partial charge on any atom is 0.199 e. The third-order valence-electron chi connectivity index (χ3n) is 27.4. The van der Waals surface area contributed by atoms with Crippen molar-refractivity contribution in [2.24, 2.45) is 101 Å². The summed E-state index contributed by atoms with van der Waals surface area (Å²) >= 11 is 0. The summed E-state index contributed by atoms with van der Waals surface area (Å²) in [4.78, 5) is 75.5. The molecule has 8 aromatic heterocycles. The topological polar surface area (TPSA) is 406 Å². The van der Waals surface area contributed by atoms with Crippen molar-refractivity contribution in [1.29, 1.82) is 0 Å². The third-order valence-corrected chi connectivity index (χ3v) is 27.4. The molecule has 8 aromatic rings. The van der Waals surface area contributed by atoms with Crippen LogP contribution in [0.5, 0.6) is 0 Å². The van der Waals surface area contributed by atoms with E-state index in [4.69, 9.17) is 0 Å². The molecule has 10 unspecified atom stereocenters. The van der Waals surface area contributed by atoms with E-state index >= 15 is 0 Å². The molecule has 18 aliphatic rings. The first-order chi connectivity index (χ1) is 51.3. The summed E-state index contributed by atoms with van der Waals surface area (Å²) in [5.74, 6) is 17.5. The summed E-state index contributed by atoms with van der Waals surface area (Å²) in [6, 6.07) is 0. The number of nitrogens with one attached hydrogen (secondary N) is 8. The van der Waals surface area contributed by atoms with E-state index in [2.05, 4.69) is 140 Å². The number of fused-ring (bicyclic) bond motifs is 24. The number of aromatic nitrogens is 16. The molecule has 548 valence electrons. The highest BCUT2D eigenvalue weighted by atomic mass is 16.1. The van der Waals surface area contributed by atoms with Gasteiger partial charge in [-0.2, -0.15) is 51.0 Å². The number of H-pyrrole nitrogens is 8. The Morgan fingerprint density at radius 3 is 0.858 bits per heavy atom. The number of azo groups is 2. The minimum absolute atomic E-state index is 0.0893. The van der Waals surface area contributed by atoms with Gasteiger partial charge < -0.3 is 0 Å². The molecule has 8 N–H and O–H groups in total. The first-order valence-corrected chi connectivity index (χ1v) is 38.8. The second-order valence-corrected chi connectivity index (χ2v) is 33.4. The maximum atomic E-state index is 11.3. The van der Waals surface area contributed by atoms with Crippen molar-refractivity contribution < 1.29 is 28.8 Å². The smallest absolute Gasteiger partial charge is 0.199 e. The van der Waals surface area contributed by atoms with Crippen LogP contribution in [0, 0.1) is 71.0 Å². The van der Waals surface area contributed by atoms with Gasteiger partial charge in [0.25, 0.3) is 0 Å². The van der Waals surface area contributed by atoms with E-state index in [0.717, 1.165) is 146 Å². The lowest BCUT2D eigenvalue weighted by Gasteiger charge is -1.99. The van der Waals surface area contributed by atoms with Crippen molar-refractivity contribution >= 4 is 46.4 Å². The molecule has 0 aromatic carbocycles. The van der Waals surface area contributed by atoms with E-state index in [9.17, 15) is 28.8 Å². The van der Waals surface area contributed by atoms with E-state index in [-0.39, 0.29) is 34.7 Å². The van der Waals surface area contributed by atoms with Crippen LogP contribution in [0.25, 0.3) is 0 Å². The molecule has 16 aliphatic carbocycles. The molecular weight excluding hydrogens is 1340 g/mol. The van der Waals surface area contributed by atoms with Crippen LogP contribution in [0.3, 0.4) is 0 Å². The molecule has 26 rings (SSSR count). The number of hydrogen-bond acceptors (Lipinski definition) is 20. The Morgan fingerprint density at radius 2 is 0.575 bits per heavy atom. The van der Waals surface area contributed by atoms with Gasteiger partial charge >= 0.3 is 0 Å². The highest BCUT2D eigenvalue weighted by Crippen LogP contribution is 2.66. The summed E-state index contributed by atoms with van der Waals surface area (Å²) in [5.41, 5.74) is 26.0. The molecule has 0 spiro atoms. The fraction of sp³-hybridized carbons (Fsp3) is 0.590. The van der Waals surface area contributed by atoms with E-state index in [1.165, 1.54) is 129 Å². The number of aromatic amines is 8. The molecule has 0 bridgehead atoms. The first kappa shape index (κ1) is 66.9. The molecule has 28 heteroatoms. The van der Waals surface area contributed by atoms with Crippen LogP contribution in [0.1, 0.15) is 319 Å². The highest BCUT2D eigenvalue weighted by molar-refractivity contribution is 6.01. The number of carbonyl (C=O) groups is 6. The van der Waals surface area contributed by atoms with Crippen LogP contribution in [0.4, 0.5) is 0 Å². The van der Waals surface area contributed by atoms with E-state index < -0.39 is 0 Å². The monoisotopic (exact) mass is 1430 g/mol. The normalized spacial score (nSPS) is 32.1. The zero-order valence-electron chi connectivity index (χ0n) is 61.6. The average molecular weight is 1430 g/mol. The fourth-order valence-electron chi connectivity index (χ4n) is 21.2. The Bertz CT molecular complexity index is 4850. The van der Waals surface area contributed by atoms with Crippen molar-refractivity contribution in [3.05, 3.63) is 136 Å². The van der Waals surface area contributed by atoms with Gasteiger partial charge in [-0.05, 0) is 148 Å². The first-order valence-electron chi connectivity index (χ1n) is 38.8. The van der Waals surface area contributed by atoms with Crippen molar-refractivity contribution in [3.8, 4) is 0 Å². The van der Waals surface area contributed by atoms with Gasteiger partial charge in [-0.3, -0.25) is 69.6 Å². The number of amidine groups is 2. The fourth-order valence-corrected chi connectivity index (χ4v) is 21.2. The number of aliphatic imine (C=N–C) groups is 2. The standard InChI is InChI=1S/2C11H14N2O.2C10H12N2O.2C9H9N5.2C9H10N2O/c2*1-3-6-7-4-8-10(5(2)14)12-13-11(8)9(6)7;2*1-4-6-3-7-9(5(2)13)11-12-10(7)8(4)6;2*1-4-2-6-7(5(1)4)12-13-8(6)9-10-3-11-14-9;2*1-4(12)8-7-3-5-2-6(5)9(7)11-10-8/h2*6-7,9H,3-4H2,1-2H3,(H,12,13);2*4,6,8H,3H2,1-2H3,(H,11,12);2*4-5H,1-3H2,(H,12,13);2*5-6H,2-3H2,1H3,(H,10,11)/t6-,7+,9-;;4-,6+,8-;;4-,5-;;5-,6-;/m1.1.1.1./s1. The lowest BCUT2D eigenvalue weighted by atomic mass is 10.0. The van der Waals surface area contributed by atoms with Gasteiger partial charge in [0.1, 0.15) is 45.6 Å². The van der Waals surface area contributed by atoms with Crippen LogP contribution in [-0.2, 0) is 51.4 Å². The van der Waals surface area contributed by atoms with Crippen molar-refractivity contribution in [2.75, 3.05) is 13.3 Å². The quantitative estimate of drug-likeness (QED) is 0.0590. The number of rotatable bonds is 10. The van der Waals surface area contributed by atoms with Gasteiger partial charge in [-0.25, -0.2) is 9.98 Å². The Kier molecular flexibility index (Phi) is 15.7. The molecule has 10 heterocycles. The second-order valence-electron chi connectivity index (χ2n) is 33.4. The molecule has 0 amide bonds. The largest absolute Gasteiger partial charge is 0.293 e. The molecule has 106 heavy (non-hydrogen) atoms. The van der Waals surface area contributed by atoms with Gasteiger partial charge in [0, 0.05) is 179 Å². The zero-order chi connectivity index (χ0) is 72.9. The van der Waals surface area contributed by atoms with E-state index in [1.54, 1.807) is 41.5 Å². The van der Waals surface area contributed by atoms with Gasteiger partial charge in [0.05, 0.1) is 0 Å². The molecule has 0 saturated heterocycles. The highest BCUT2D eigenvalue weighted by Gasteiger charge is 2.60. The number of ketones is 6. The lowest BCUT2D eigenvalue weighted by molar-refractivity contribution is 0.0999. The molecule has 20 atom stereocenters. The molecule has 0 radical (unpaired) electrons. The van der Waals surface area contributed by atoms with Gasteiger partial charge in [-0.1, -0.05) is 40.5 Å². The van der Waals surface area contributed by atoms with Gasteiger partial charge in [-0.15, -0.1) is 10.2 Å². The zero-order valence-corrected chi connectivity index (χ0v) is 61.6. The Balaban J connectivity index is 0.0000000829. The van der Waals surface area contributed by atoms with Crippen LogP contribution in [-0.4, -0.2) is 141 Å². The predicted octanol–water partition coefficient (Wildman–Crippen LogP) is 11.9. The molecule has 28 nitrogen and oxygen atoms in total. The number of Topliss-reactive ketones (excluding diaryl/α,β-unsaturated/α-hetero) is 6. The van der Waals surface area contributed by atoms with Crippen LogP contribution >= 0.6 is 0 Å². The number of hydrogen-bond donors (Lipinski definition) is 8. The average Bonchev–Trinajstić information content (AvgIpc) is 1.53. The summed E-state index contributed by atoms with van der Waals surface area (Å²) in [6.45, 7) is 19.5. The molecule has 8 saturated carbocycles. The van der Waals surface area contributed by atoms with Crippen LogP contribution in [0.15, 0.2) is 30.4 Å². The summed E-state index contributed by atoms with van der Waals surface area (Å²) in [6.07, 6.45) is 16.5. The minimum Gasteiger partial charge on any atom is -0.293 e. The maximum absolute atomic E-state index is 11.3. The van der Waals surface area contributed by atoms with E-state index in [0.29, 0.717) is 94.7 Å². The third kappa shape index (κ3) is 11.1. The molecule has 2 aliphatic heterocycles. The second kappa shape index (κ2) is 24.9. The summed E-state index contributed by atoms with van der Waals surface area (Å²) in [7, 11) is 0. The Labute approximate surface area is 610 Å². The van der Waals surface area contributed by atoms with E-state index in [1.807, 2.05) is 0 Å². The molecular formula is C78H90N22O6. The Hall–Kier alpha value is -9.76. The number of nitrogens with zero attached hydrogens (tertiary/aromatic N) is 14. The number of carbonyl (C=O) groups excluding carboxylic acids is 6. The minimum atomic E-state index is 0.0893. The Morgan fingerprint density at radius 1 is 0.321 bits per heavy atom. The van der Waals surface area contributed by atoms with Crippen LogP contribution in [0.2, 0.25) is 0 Å². The van der Waals surface area contributed by atoms with Crippen LogP contribution < -0.4 is 0 Å². The van der Waals surface area contributed by atoms with Gasteiger partial charge in [0.2, 0.25) is 0 Å².